The molecule has 0 saturated carbocycles. The van der Waals surface area contributed by atoms with Crippen molar-refractivity contribution in [1.82, 2.24) is 4.90 Å². The SMILES string of the molecule is N[C@@H]1CCN(Cc2c(F)ccc(I)c2F)C1. The fourth-order valence-electron chi connectivity index (χ4n) is 1.94. The van der Waals surface area contributed by atoms with Gasteiger partial charge in [0.15, 0.2) is 0 Å². The first-order valence-electron chi connectivity index (χ1n) is 5.18. The van der Waals surface area contributed by atoms with Crippen LogP contribution in [-0.4, -0.2) is 24.0 Å². The average molecular weight is 338 g/mol. The number of halogens is 3. The molecule has 0 unspecified atom stereocenters. The fraction of sp³-hybridized carbons (Fsp3) is 0.455. The van der Waals surface area contributed by atoms with Crippen molar-refractivity contribution in [2.45, 2.75) is 19.0 Å². The summed E-state index contributed by atoms with van der Waals surface area (Å²) >= 11 is 1.87. The van der Waals surface area contributed by atoms with Crippen LogP contribution in [0.15, 0.2) is 12.1 Å². The van der Waals surface area contributed by atoms with E-state index >= 15 is 0 Å². The maximum absolute atomic E-state index is 13.7. The van der Waals surface area contributed by atoms with Gasteiger partial charge in [-0.25, -0.2) is 8.78 Å². The van der Waals surface area contributed by atoms with Gasteiger partial charge in [0.1, 0.15) is 11.6 Å². The normalized spacial score (nSPS) is 21.6. The van der Waals surface area contributed by atoms with E-state index in [-0.39, 0.29) is 11.6 Å². The van der Waals surface area contributed by atoms with Gasteiger partial charge in [-0.2, -0.15) is 0 Å². The van der Waals surface area contributed by atoms with E-state index in [1.165, 1.54) is 12.1 Å². The summed E-state index contributed by atoms with van der Waals surface area (Å²) in [5.74, 6) is -0.917. The molecule has 1 aromatic carbocycles. The Morgan fingerprint density at radius 1 is 1.44 bits per heavy atom. The zero-order valence-corrected chi connectivity index (χ0v) is 10.9. The van der Waals surface area contributed by atoms with Crippen molar-refractivity contribution in [3.8, 4) is 0 Å². The zero-order chi connectivity index (χ0) is 11.7. The monoisotopic (exact) mass is 338 g/mol. The van der Waals surface area contributed by atoms with Crippen LogP contribution in [0.25, 0.3) is 0 Å². The molecule has 88 valence electrons. The van der Waals surface area contributed by atoms with Crippen LogP contribution in [-0.2, 0) is 6.54 Å². The third-order valence-electron chi connectivity index (χ3n) is 2.83. The second-order valence-electron chi connectivity index (χ2n) is 4.11. The molecule has 2 rings (SSSR count). The molecule has 1 aliphatic heterocycles. The molecule has 0 radical (unpaired) electrons. The van der Waals surface area contributed by atoms with E-state index in [2.05, 4.69) is 0 Å². The Labute approximate surface area is 107 Å². The van der Waals surface area contributed by atoms with E-state index in [9.17, 15) is 8.78 Å². The number of benzene rings is 1. The van der Waals surface area contributed by atoms with E-state index in [1.54, 1.807) is 0 Å². The highest BCUT2D eigenvalue weighted by Gasteiger charge is 2.22. The van der Waals surface area contributed by atoms with Gasteiger partial charge in [-0.1, -0.05) is 0 Å². The summed E-state index contributed by atoms with van der Waals surface area (Å²) in [7, 11) is 0. The Morgan fingerprint density at radius 2 is 2.19 bits per heavy atom. The molecule has 0 bridgehead atoms. The van der Waals surface area contributed by atoms with Crippen LogP contribution in [0.3, 0.4) is 0 Å². The van der Waals surface area contributed by atoms with Crippen LogP contribution in [0, 0.1) is 15.2 Å². The Balaban J connectivity index is 2.18. The van der Waals surface area contributed by atoms with Gasteiger partial charge >= 0.3 is 0 Å². The van der Waals surface area contributed by atoms with Crippen molar-refractivity contribution < 1.29 is 8.78 Å². The molecule has 5 heteroatoms. The Hall–Kier alpha value is -0.270. The van der Waals surface area contributed by atoms with Gasteiger partial charge in [-0.3, -0.25) is 4.90 Å². The van der Waals surface area contributed by atoms with E-state index in [1.807, 2.05) is 27.5 Å². The highest BCUT2D eigenvalue weighted by Crippen LogP contribution is 2.21. The molecule has 0 aromatic heterocycles. The summed E-state index contributed by atoms with van der Waals surface area (Å²) in [5, 5.41) is 0. The first kappa shape index (κ1) is 12.2. The molecule has 1 aromatic rings. The molecule has 1 aliphatic rings. The molecule has 0 amide bonds. The van der Waals surface area contributed by atoms with Gasteiger partial charge < -0.3 is 5.73 Å². The lowest BCUT2D eigenvalue weighted by Crippen LogP contribution is -2.27. The summed E-state index contributed by atoms with van der Waals surface area (Å²) in [4.78, 5) is 1.99. The van der Waals surface area contributed by atoms with Crippen LogP contribution in [0.1, 0.15) is 12.0 Å². The summed E-state index contributed by atoms with van der Waals surface area (Å²) in [6, 6.07) is 2.90. The minimum Gasteiger partial charge on any atom is -0.326 e. The van der Waals surface area contributed by atoms with Crippen molar-refractivity contribution >= 4 is 22.6 Å². The summed E-state index contributed by atoms with van der Waals surface area (Å²) in [6.45, 7) is 1.83. The maximum atomic E-state index is 13.7. The van der Waals surface area contributed by atoms with Crippen LogP contribution in [0.2, 0.25) is 0 Å². The van der Waals surface area contributed by atoms with Crippen molar-refractivity contribution in [1.29, 1.82) is 0 Å². The summed E-state index contributed by atoms with van der Waals surface area (Å²) in [5.41, 5.74) is 5.91. The van der Waals surface area contributed by atoms with Gasteiger partial charge in [0.25, 0.3) is 0 Å². The molecular formula is C11H13F2IN2. The van der Waals surface area contributed by atoms with E-state index in [4.69, 9.17) is 5.73 Å². The van der Waals surface area contributed by atoms with Crippen LogP contribution < -0.4 is 5.73 Å². The molecule has 0 spiro atoms. The van der Waals surface area contributed by atoms with Crippen molar-refractivity contribution in [2.24, 2.45) is 5.73 Å². The van der Waals surface area contributed by atoms with E-state index in [0.717, 1.165) is 13.0 Å². The lowest BCUT2D eigenvalue weighted by molar-refractivity contribution is 0.314. The van der Waals surface area contributed by atoms with Gasteiger partial charge in [-0.15, -0.1) is 0 Å². The minimum absolute atomic E-state index is 0.133. The first-order chi connectivity index (χ1) is 7.58. The number of hydrogen-bond donors (Lipinski definition) is 1. The molecule has 1 atom stereocenters. The van der Waals surface area contributed by atoms with Gasteiger partial charge in [-0.05, 0) is 41.1 Å². The molecule has 2 nitrogen and oxygen atoms in total. The topological polar surface area (TPSA) is 29.3 Å². The molecule has 2 N–H and O–H groups in total. The second-order valence-corrected chi connectivity index (χ2v) is 5.27. The van der Waals surface area contributed by atoms with E-state index < -0.39 is 11.6 Å². The van der Waals surface area contributed by atoms with Crippen molar-refractivity contribution in [2.75, 3.05) is 13.1 Å². The number of nitrogens with zero attached hydrogens (tertiary/aromatic N) is 1. The molecule has 1 heterocycles. The van der Waals surface area contributed by atoms with Crippen LogP contribution >= 0.6 is 22.6 Å². The smallest absolute Gasteiger partial charge is 0.143 e. The van der Waals surface area contributed by atoms with E-state index in [0.29, 0.717) is 16.7 Å². The number of nitrogens with two attached hydrogens (primary N) is 1. The Bertz CT molecular complexity index is 398. The third kappa shape index (κ3) is 2.52. The van der Waals surface area contributed by atoms with Gasteiger partial charge in [0.05, 0.1) is 0 Å². The number of rotatable bonds is 2. The van der Waals surface area contributed by atoms with Crippen LogP contribution in [0.5, 0.6) is 0 Å². The quantitative estimate of drug-likeness (QED) is 0.661. The lowest BCUT2D eigenvalue weighted by Gasteiger charge is -2.16. The van der Waals surface area contributed by atoms with Gasteiger partial charge in [0.2, 0.25) is 0 Å². The maximum Gasteiger partial charge on any atom is 0.143 e. The lowest BCUT2D eigenvalue weighted by atomic mass is 10.2. The molecule has 1 saturated heterocycles. The highest BCUT2D eigenvalue weighted by atomic mass is 127. The molecular weight excluding hydrogens is 325 g/mol. The average Bonchev–Trinajstić information content (AvgIpc) is 2.65. The number of likely N-dealkylation sites (tertiary alicyclic amines) is 1. The van der Waals surface area contributed by atoms with Crippen molar-refractivity contribution in [3.05, 3.63) is 32.9 Å². The largest absolute Gasteiger partial charge is 0.326 e. The Morgan fingerprint density at radius 3 is 2.81 bits per heavy atom. The van der Waals surface area contributed by atoms with Gasteiger partial charge in [0, 0.05) is 34.8 Å². The van der Waals surface area contributed by atoms with Crippen LogP contribution in [0.4, 0.5) is 8.78 Å². The first-order valence-corrected chi connectivity index (χ1v) is 6.26. The number of hydrogen-bond acceptors (Lipinski definition) is 2. The highest BCUT2D eigenvalue weighted by molar-refractivity contribution is 14.1. The Kier molecular flexibility index (Phi) is 3.76. The molecule has 0 aliphatic carbocycles. The fourth-order valence-corrected chi connectivity index (χ4v) is 2.45. The standard InChI is InChI=1S/C11H13F2IN2/c12-9-1-2-10(14)11(13)8(9)6-16-4-3-7(15)5-16/h1-2,7H,3-6,15H2/t7-/m1/s1. The molecule has 1 fully saturated rings. The zero-order valence-electron chi connectivity index (χ0n) is 8.72. The molecule has 16 heavy (non-hydrogen) atoms. The summed E-state index contributed by atoms with van der Waals surface area (Å²) < 4.78 is 27.6. The predicted octanol–water partition coefficient (Wildman–Crippen LogP) is 2.10. The summed E-state index contributed by atoms with van der Waals surface area (Å²) in [6.07, 6.45) is 0.896. The van der Waals surface area contributed by atoms with Crippen molar-refractivity contribution in [3.63, 3.8) is 0 Å². The second kappa shape index (κ2) is 4.93. The third-order valence-corrected chi connectivity index (χ3v) is 3.66. The minimum atomic E-state index is -0.474. The predicted molar refractivity (Wildman–Crippen MR) is 66.9 cm³/mol.